The SMILES string of the molecule is Cc1ccc(NC(=O)CN(C)C(=O)COC(=O)COc2cc(C)ccc2C)cc1. The Bertz CT molecular complexity index is 877. The summed E-state index contributed by atoms with van der Waals surface area (Å²) in [5.74, 6) is -0.881. The van der Waals surface area contributed by atoms with Crippen LogP contribution < -0.4 is 10.1 Å². The number of nitrogens with one attached hydrogen (secondary N) is 1. The maximum absolute atomic E-state index is 12.1. The monoisotopic (exact) mass is 398 g/mol. The van der Waals surface area contributed by atoms with Gasteiger partial charge in [-0.05, 0) is 50.1 Å². The maximum Gasteiger partial charge on any atom is 0.344 e. The second-order valence-electron chi connectivity index (χ2n) is 6.88. The summed E-state index contributed by atoms with van der Waals surface area (Å²) in [4.78, 5) is 37.1. The highest BCUT2D eigenvalue weighted by Crippen LogP contribution is 2.18. The zero-order valence-corrected chi connectivity index (χ0v) is 17.2. The molecule has 29 heavy (non-hydrogen) atoms. The van der Waals surface area contributed by atoms with E-state index in [0.717, 1.165) is 16.7 Å². The molecular weight excluding hydrogens is 372 g/mol. The minimum Gasteiger partial charge on any atom is -0.482 e. The van der Waals surface area contributed by atoms with E-state index in [2.05, 4.69) is 5.32 Å². The van der Waals surface area contributed by atoms with Crippen molar-refractivity contribution < 1.29 is 23.9 Å². The topological polar surface area (TPSA) is 84.9 Å². The van der Waals surface area contributed by atoms with Crippen molar-refractivity contribution >= 4 is 23.5 Å². The van der Waals surface area contributed by atoms with Crippen LogP contribution in [0.4, 0.5) is 5.69 Å². The summed E-state index contributed by atoms with van der Waals surface area (Å²) in [7, 11) is 1.47. The summed E-state index contributed by atoms with van der Waals surface area (Å²) < 4.78 is 10.4. The zero-order chi connectivity index (χ0) is 21.4. The van der Waals surface area contributed by atoms with E-state index in [1.165, 1.54) is 11.9 Å². The minimum atomic E-state index is -0.656. The van der Waals surface area contributed by atoms with Gasteiger partial charge in [0, 0.05) is 12.7 Å². The first-order chi connectivity index (χ1) is 13.7. The van der Waals surface area contributed by atoms with Gasteiger partial charge in [0.25, 0.3) is 5.91 Å². The van der Waals surface area contributed by atoms with Gasteiger partial charge in [-0.2, -0.15) is 0 Å². The summed E-state index contributed by atoms with van der Waals surface area (Å²) in [5.41, 5.74) is 3.65. The predicted octanol–water partition coefficient (Wildman–Crippen LogP) is 2.63. The van der Waals surface area contributed by atoms with E-state index in [4.69, 9.17) is 9.47 Å². The molecule has 154 valence electrons. The van der Waals surface area contributed by atoms with Gasteiger partial charge in [-0.3, -0.25) is 9.59 Å². The van der Waals surface area contributed by atoms with Crippen molar-refractivity contribution in [3.63, 3.8) is 0 Å². The summed E-state index contributed by atoms with van der Waals surface area (Å²) in [6, 6.07) is 13.0. The number of anilines is 1. The molecule has 0 saturated carbocycles. The molecule has 0 aliphatic heterocycles. The van der Waals surface area contributed by atoms with Crippen LogP contribution in [-0.4, -0.2) is 49.5 Å². The Morgan fingerprint density at radius 1 is 0.931 bits per heavy atom. The van der Waals surface area contributed by atoms with Gasteiger partial charge in [0.2, 0.25) is 5.91 Å². The van der Waals surface area contributed by atoms with Crippen molar-refractivity contribution in [1.82, 2.24) is 4.90 Å². The quantitative estimate of drug-likeness (QED) is 0.691. The van der Waals surface area contributed by atoms with Gasteiger partial charge < -0.3 is 19.7 Å². The Labute approximate surface area is 170 Å². The molecule has 0 radical (unpaired) electrons. The molecule has 0 spiro atoms. The van der Waals surface area contributed by atoms with Crippen molar-refractivity contribution in [2.24, 2.45) is 0 Å². The fraction of sp³-hybridized carbons (Fsp3) is 0.318. The Hall–Kier alpha value is -3.35. The number of carbonyl (C=O) groups is 3. The van der Waals surface area contributed by atoms with Crippen molar-refractivity contribution in [3.8, 4) is 5.75 Å². The second-order valence-corrected chi connectivity index (χ2v) is 6.88. The van der Waals surface area contributed by atoms with E-state index in [1.807, 2.05) is 51.1 Å². The summed E-state index contributed by atoms with van der Waals surface area (Å²) >= 11 is 0. The Kier molecular flexibility index (Phi) is 7.77. The largest absolute Gasteiger partial charge is 0.482 e. The number of rotatable bonds is 8. The molecular formula is C22H26N2O5. The van der Waals surface area contributed by atoms with Gasteiger partial charge in [0.15, 0.2) is 13.2 Å². The maximum atomic E-state index is 12.1. The lowest BCUT2D eigenvalue weighted by Crippen LogP contribution is -2.37. The first-order valence-electron chi connectivity index (χ1n) is 9.21. The van der Waals surface area contributed by atoms with Gasteiger partial charge in [0.1, 0.15) is 5.75 Å². The number of nitrogens with zero attached hydrogens (tertiary/aromatic N) is 1. The molecule has 0 aliphatic carbocycles. The molecule has 0 saturated heterocycles. The number of carbonyl (C=O) groups excluding carboxylic acids is 3. The molecule has 7 nitrogen and oxygen atoms in total. The number of amides is 2. The number of hydrogen-bond donors (Lipinski definition) is 1. The number of benzene rings is 2. The Morgan fingerprint density at radius 3 is 2.28 bits per heavy atom. The van der Waals surface area contributed by atoms with E-state index >= 15 is 0 Å². The highest BCUT2D eigenvalue weighted by atomic mass is 16.6. The fourth-order valence-corrected chi connectivity index (χ4v) is 2.43. The van der Waals surface area contributed by atoms with Crippen LogP contribution in [0.1, 0.15) is 16.7 Å². The average molecular weight is 398 g/mol. The zero-order valence-electron chi connectivity index (χ0n) is 17.2. The Morgan fingerprint density at radius 2 is 1.59 bits per heavy atom. The van der Waals surface area contributed by atoms with Crippen LogP contribution in [0.25, 0.3) is 0 Å². The van der Waals surface area contributed by atoms with Gasteiger partial charge in [0.05, 0.1) is 6.54 Å². The summed E-state index contributed by atoms with van der Waals surface area (Å²) in [6.07, 6.45) is 0. The standard InChI is InChI=1S/C22H26N2O5/c1-15-6-9-18(10-7-15)23-20(25)12-24(4)21(26)13-29-22(27)14-28-19-11-16(2)5-8-17(19)3/h5-11H,12-14H2,1-4H3,(H,23,25). The highest BCUT2D eigenvalue weighted by molar-refractivity contribution is 5.94. The molecule has 7 heteroatoms. The highest BCUT2D eigenvalue weighted by Gasteiger charge is 2.16. The molecule has 2 aromatic rings. The number of ether oxygens (including phenoxy) is 2. The first kappa shape index (κ1) is 21.9. The van der Waals surface area contributed by atoms with E-state index in [-0.39, 0.29) is 19.1 Å². The van der Waals surface area contributed by atoms with Gasteiger partial charge in [-0.25, -0.2) is 4.79 Å². The molecule has 0 bridgehead atoms. The molecule has 0 atom stereocenters. The van der Waals surface area contributed by atoms with Crippen molar-refractivity contribution in [2.75, 3.05) is 32.1 Å². The Balaban J connectivity index is 1.73. The molecule has 0 unspecified atom stereocenters. The van der Waals surface area contributed by atoms with E-state index in [1.54, 1.807) is 12.1 Å². The minimum absolute atomic E-state index is 0.150. The third kappa shape index (κ3) is 7.29. The fourth-order valence-electron chi connectivity index (χ4n) is 2.43. The third-order valence-electron chi connectivity index (χ3n) is 4.19. The lowest BCUT2D eigenvalue weighted by molar-refractivity contribution is -0.153. The normalized spacial score (nSPS) is 10.2. The van der Waals surface area contributed by atoms with Crippen LogP contribution in [0.3, 0.4) is 0 Å². The van der Waals surface area contributed by atoms with Crippen LogP contribution in [-0.2, 0) is 19.1 Å². The number of esters is 1. The molecule has 0 aliphatic rings. The molecule has 0 heterocycles. The third-order valence-corrected chi connectivity index (χ3v) is 4.19. The van der Waals surface area contributed by atoms with Crippen molar-refractivity contribution in [2.45, 2.75) is 20.8 Å². The van der Waals surface area contributed by atoms with E-state index in [0.29, 0.717) is 11.4 Å². The molecule has 0 aromatic heterocycles. The molecule has 2 rings (SSSR count). The van der Waals surface area contributed by atoms with E-state index in [9.17, 15) is 14.4 Å². The summed E-state index contributed by atoms with van der Waals surface area (Å²) in [5, 5.41) is 2.71. The van der Waals surface area contributed by atoms with Gasteiger partial charge >= 0.3 is 5.97 Å². The number of hydrogen-bond acceptors (Lipinski definition) is 5. The van der Waals surface area contributed by atoms with E-state index < -0.39 is 18.5 Å². The number of likely N-dealkylation sites (N-methyl/N-ethyl adjacent to an activating group) is 1. The first-order valence-corrected chi connectivity index (χ1v) is 9.21. The van der Waals surface area contributed by atoms with Crippen LogP contribution in [0.5, 0.6) is 5.75 Å². The average Bonchev–Trinajstić information content (AvgIpc) is 2.68. The summed E-state index contributed by atoms with van der Waals surface area (Å²) in [6.45, 7) is 4.85. The van der Waals surface area contributed by atoms with Gasteiger partial charge in [-0.15, -0.1) is 0 Å². The van der Waals surface area contributed by atoms with Crippen molar-refractivity contribution in [3.05, 3.63) is 59.2 Å². The predicted molar refractivity (Wildman–Crippen MR) is 110 cm³/mol. The molecule has 2 amide bonds. The second kappa shape index (κ2) is 10.3. The van der Waals surface area contributed by atoms with Crippen LogP contribution in [0.15, 0.2) is 42.5 Å². The lowest BCUT2D eigenvalue weighted by Gasteiger charge is -2.17. The number of aryl methyl sites for hydroxylation is 3. The van der Waals surface area contributed by atoms with Crippen molar-refractivity contribution in [1.29, 1.82) is 0 Å². The molecule has 1 N–H and O–H groups in total. The molecule has 0 fully saturated rings. The van der Waals surface area contributed by atoms with Gasteiger partial charge in [-0.1, -0.05) is 29.8 Å². The van der Waals surface area contributed by atoms with Crippen LogP contribution in [0.2, 0.25) is 0 Å². The lowest BCUT2D eigenvalue weighted by atomic mass is 10.1. The smallest absolute Gasteiger partial charge is 0.344 e. The molecule has 2 aromatic carbocycles. The van der Waals surface area contributed by atoms with Crippen LogP contribution in [0, 0.1) is 20.8 Å². The van der Waals surface area contributed by atoms with Crippen LogP contribution >= 0.6 is 0 Å².